The molecule has 1 fully saturated rings. The molecule has 0 spiro atoms. The van der Waals surface area contributed by atoms with Crippen molar-refractivity contribution in [3.05, 3.63) is 29.5 Å². The molecular formula is C10H11N3S. The standard InChI is InChI=1S/C10H11N3S/c1-2-11-3-7(1)10-13-9(6-14-10)8-4-12-5-8/h1-3,6,8,11-12H,4-5H2. The lowest BCUT2D eigenvalue weighted by Gasteiger charge is -2.25. The molecule has 0 unspecified atom stereocenters. The Morgan fingerprint density at radius 3 is 3.00 bits per heavy atom. The molecular weight excluding hydrogens is 194 g/mol. The minimum Gasteiger partial charge on any atom is -0.367 e. The second-order valence-electron chi connectivity index (χ2n) is 3.53. The predicted octanol–water partition coefficient (Wildman–Crippen LogP) is 1.82. The Morgan fingerprint density at radius 1 is 1.43 bits per heavy atom. The summed E-state index contributed by atoms with van der Waals surface area (Å²) in [6.45, 7) is 2.16. The molecule has 1 saturated heterocycles. The van der Waals surface area contributed by atoms with Gasteiger partial charge in [0.2, 0.25) is 0 Å². The van der Waals surface area contributed by atoms with Gasteiger partial charge in [-0.2, -0.15) is 0 Å². The maximum Gasteiger partial charge on any atom is 0.125 e. The van der Waals surface area contributed by atoms with Gasteiger partial charge in [-0.25, -0.2) is 4.98 Å². The number of H-pyrrole nitrogens is 1. The second kappa shape index (κ2) is 3.22. The third kappa shape index (κ3) is 1.27. The highest BCUT2D eigenvalue weighted by molar-refractivity contribution is 7.13. The summed E-state index contributed by atoms with van der Waals surface area (Å²) in [5.41, 5.74) is 2.43. The topological polar surface area (TPSA) is 40.7 Å². The number of hydrogen-bond donors (Lipinski definition) is 2. The number of nitrogens with one attached hydrogen (secondary N) is 2. The van der Waals surface area contributed by atoms with Gasteiger partial charge in [0.1, 0.15) is 5.01 Å². The van der Waals surface area contributed by atoms with E-state index in [9.17, 15) is 0 Å². The van der Waals surface area contributed by atoms with E-state index in [-0.39, 0.29) is 0 Å². The molecule has 2 aromatic heterocycles. The van der Waals surface area contributed by atoms with Crippen molar-refractivity contribution in [3.8, 4) is 10.6 Å². The first kappa shape index (κ1) is 8.20. The van der Waals surface area contributed by atoms with Crippen LogP contribution in [0.3, 0.4) is 0 Å². The summed E-state index contributed by atoms with van der Waals surface area (Å²) in [5, 5.41) is 6.56. The molecule has 1 aliphatic rings. The van der Waals surface area contributed by atoms with E-state index in [2.05, 4.69) is 26.7 Å². The molecule has 4 heteroatoms. The van der Waals surface area contributed by atoms with Crippen molar-refractivity contribution < 1.29 is 0 Å². The van der Waals surface area contributed by atoms with E-state index in [4.69, 9.17) is 0 Å². The molecule has 2 aromatic rings. The van der Waals surface area contributed by atoms with Crippen LogP contribution in [-0.2, 0) is 0 Å². The smallest absolute Gasteiger partial charge is 0.125 e. The van der Waals surface area contributed by atoms with Crippen LogP contribution in [0.1, 0.15) is 11.6 Å². The van der Waals surface area contributed by atoms with E-state index in [0.29, 0.717) is 5.92 Å². The first-order valence-corrected chi connectivity index (χ1v) is 5.61. The molecule has 72 valence electrons. The first-order chi connectivity index (χ1) is 6.93. The van der Waals surface area contributed by atoms with Gasteiger partial charge in [0.05, 0.1) is 5.69 Å². The highest BCUT2D eigenvalue weighted by Gasteiger charge is 2.21. The fraction of sp³-hybridized carbons (Fsp3) is 0.300. The Morgan fingerprint density at radius 2 is 2.36 bits per heavy atom. The van der Waals surface area contributed by atoms with Crippen LogP contribution in [0.25, 0.3) is 10.6 Å². The minimum absolute atomic E-state index is 0.638. The van der Waals surface area contributed by atoms with E-state index in [1.54, 1.807) is 11.3 Å². The third-order valence-electron chi connectivity index (χ3n) is 2.57. The van der Waals surface area contributed by atoms with Crippen LogP contribution >= 0.6 is 11.3 Å². The lowest BCUT2D eigenvalue weighted by molar-refractivity contribution is 0.441. The molecule has 0 bridgehead atoms. The molecule has 0 atom stereocenters. The van der Waals surface area contributed by atoms with Crippen molar-refractivity contribution in [2.75, 3.05) is 13.1 Å². The van der Waals surface area contributed by atoms with Gasteiger partial charge >= 0.3 is 0 Å². The van der Waals surface area contributed by atoms with E-state index in [0.717, 1.165) is 18.1 Å². The van der Waals surface area contributed by atoms with Crippen LogP contribution < -0.4 is 5.32 Å². The average Bonchev–Trinajstić information content (AvgIpc) is 2.65. The third-order valence-corrected chi connectivity index (χ3v) is 3.48. The number of rotatable bonds is 2. The maximum atomic E-state index is 4.63. The van der Waals surface area contributed by atoms with Gasteiger partial charge in [-0.3, -0.25) is 0 Å². The molecule has 3 nitrogen and oxygen atoms in total. The number of thiazole rings is 1. The summed E-state index contributed by atoms with van der Waals surface area (Å²) in [6.07, 6.45) is 3.92. The van der Waals surface area contributed by atoms with Crippen LogP contribution in [-0.4, -0.2) is 23.1 Å². The molecule has 0 saturated carbocycles. The largest absolute Gasteiger partial charge is 0.367 e. The minimum atomic E-state index is 0.638. The van der Waals surface area contributed by atoms with Crippen LogP contribution in [0.5, 0.6) is 0 Å². The molecule has 2 N–H and O–H groups in total. The normalized spacial score (nSPS) is 16.9. The van der Waals surface area contributed by atoms with Crippen molar-refractivity contribution in [2.45, 2.75) is 5.92 Å². The van der Waals surface area contributed by atoms with Gasteiger partial charge in [0.25, 0.3) is 0 Å². The Balaban J connectivity index is 1.90. The second-order valence-corrected chi connectivity index (χ2v) is 4.39. The van der Waals surface area contributed by atoms with Gasteiger partial charge in [0, 0.05) is 42.3 Å². The average molecular weight is 205 g/mol. The molecule has 3 rings (SSSR count). The van der Waals surface area contributed by atoms with Crippen LogP contribution in [0.2, 0.25) is 0 Å². The Kier molecular flexibility index (Phi) is 1.89. The molecule has 0 radical (unpaired) electrons. The SMILES string of the molecule is c1cc(-c2nc(C3CNC3)cs2)c[nH]1. The van der Waals surface area contributed by atoms with E-state index in [1.807, 2.05) is 12.4 Å². The zero-order valence-electron chi connectivity index (χ0n) is 7.66. The molecule has 3 heterocycles. The summed E-state index contributed by atoms with van der Waals surface area (Å²) < 4.78 is 0. The number of aromatic nitrogens is 2. The number of hydrogen-bond acceptors (Lipinski definition) is 3. The molecule has 0 aliphatic carbocycles. The number of aromatic amines is 1. The predicted molar refractivity (Wildman–Crippen MR) is 57.5 cm³/mol. The maximum absolute atomic E-state index is 4.63. The van der Waals surface area contributed by atoms with Crippen molar-refractivity contribution in [3.63, 3.8) is 0 Å². The molecule has 1 aliphatic heterocycles. The van der Waals surface area contributed by atoms with E-state index >= 15 is 0 Å². The quantitative estimate of drug-likeness (QED) is 0.785. The monoisotopic (exact) mass is 205 g/mol. The Hall–Kier alpha value is -1.13. The summed E-state index contributed by atoms with van der Waals surface area (Å²) in [5.74, 6) is 0.638. The van der Waals surface area contributed by atoms with Crippen molar-refractivity contribution in [1.29, 1.82) is 0 Å². The van der Waals surface area contributed by atoms with Crippen molar-refractivity contribution in [2.24, 2.45) is 0 Å². The summed E-state index contributed by atoms with van der Waals surface area (Å²) in [4.78, 5) is 7.68. The van der Waals surface area contributed by atoms with Gasteiger partial charge in [0.15, 0.2) is 0 Å². The fourth-order valence-corrected chi connectivity index (χ4v) is 2.46. The lowest BCUT2D eigenvalue weighted by Crippen LogP contribution is -2.40. The number of nitrogens with zero attached hydrogens (tertiary/aromatic N) is 1. The van der Waals surface area contributed by atoms with Crippen LogP contribution in [0, 0.1) is 0 Å². The van der Waals surface area contributed by atoms with Crippen LogP contribution in [0.4, 0.5) is 0 Å². The van der Waals surface area contributed by atoms with Crippen LogP contribution in [0.15, 0.2) is 23.8 Å². The Bertz CT molecular complexity index is 414. The first-order valence-electron chi connectivity index (χ1n) is 4.73. The van der Waals surface area contributed by atoms with Gasteiger partial charge < -0.3 is 10.3 Å². The zero-order valence-corrected chi connectivity index (χ0v) is 8.47. The van der Waals surface area contributed by atoms with E-state index in [1.165, 1.54) is 11.3 Å². The highest BCUT2D eigenvalue weighted by Crippen LogP contribution is 2.27. The van der Waals surface area contributed by atoms with Gasteiger partial charge in [-0.1, -0.05) is 0 Å². The van der Waals surface area contributed by atoms with Crippen molar-refractivity contribution >= 4 is 11.3 Å². The fourth-order valence-electron chi connectivity index (χ4n) is 1.56. The highest BCUT2D eigenvalue weighted by atomic mass is 32.1. The van der Waals surface area contributed by atoms with E-state index < -0.39 is 0 Å². The van der Waals surface area contributed by atoms with Gasteiger partial charge in [-0.15, -0.1) is 11.3 Å². The summed E-state index contributed by atoms with van der Waals surface area (Å²) in [7, 11) is 0. The summed E-state index contributed by atoms with van der Waals surface area (Å²) in [6, 6.07) is 2.06. The molecule has 0 aromatic carbocycles. The molecule has 0 amide bonds. The summed E-state index contributed by atoms with van der Waals surface area (Å²) >= 11 is 1.73. The Labute approximate surface area is 86.2 Å². The molecule has 14 heavy (non-hydrogen) atoms. The van der Waals surface area contributed by atoms with Gasteiger partial charge in [-0.05, 0) is 6.07 Å². The lowest BCUT2D eigenvalue weighted by atomic mass is 10.0. The van der Waals surface area contributed by atoms with Crippen molar-refractivity contribution in [1.82, 2.24) is 15.3 Å². The zero-order chi connectivity index (χ0) is 9.38.